The molecule has 0 saturated carbocycles. The molecule has 0 aliphatic carbocycles. The van der Waals surface area contributed by atoms with Crippen LogP contribution in [0, 0.1) is 20.2 Å². The van der Waals surface area contributed by atoms with E-state index in [9.17, 15) is 20.2 Å². The van der Waals surface area contributed by atoms with E-state index < -0.39 is 15.5 Å². The fourth-order valence-electron chi connectivity index (χ4n) is 1.48. The van der Waals surface area contributed by atoms with E-state index in [2.05, 4.69) is 0 Å². The number of benzene rings is 1. The van der Waals surface area contributed by atoms with Gasteiger partial charge >= 0.3 is 0 Å². The lowest BCUT2D eigenvalue weighted by molar-refractivity contribution is -0.394. The Morgan fingerprint density at radius 3 is 2.06 bits per heavy atom. The van der Waals surface area contributed by atoms with Crippen LogP contribution in [0.15, 0.2) is 12.1 Å². The van der Waals surface area contributed by atoms with Crippen LogP contribution in [0.5, 0.6) is 0 Å². The lowest BCUT2D eigenvalue weighted by Gasteiger charge is -2.20. The molecule has 0 aromatic heterocycles. The molecule has 0 aliphatic heterocycles. The molecule has 1 unspecified atom stereocenters. The Balaban J connectivity index is 3.47. The maximum Gasteiger partial charge on any atom is 0.294 e. The lowest BCUT2D eigenvalue weighted by Crippen LogP contribution is -2.18. The number of hydrogen-bond acceptors (Lipinski definition) is 5. The minimum absolute atomic E-state index is 0.102. The van der Waals surface area contributed by atoms with Crippen LogP contribution in [0.4, 0.5) is 11.4 Å². The first-order chi connectivity index (χ1) is 8.25. The molecule has 7 nitrogen and oxygen atoms in total. The maximum absolute atomic E-state index is 11.0. The average Bonchev–Trinajstić information content (AvgIpc) is 2.26. The summed E-state index contributed by atoms with van der Waals surface area (Å²) in [6, 6.07) is 1.91. The topological polar surface area (TPSA) is 89.5 Å². The number of halogens is 1. The molecule has 0 amide bonds. The highest BCUT2D eigenvalue weighted by molar-refractivity contribution is 6.32. The van der Waals surface area contributed by atoms with E-state index in [1.807, 2.05) is 0 Å². The van der Waals surface area contributed by atoms with Crippen LogP contribution >= 0.6 is 11.6 Å². The van der Waals surface area contributed by atoms with Gasteiger partial charge in [0.1, 0.15) is 5.02 Å². The highest BCUT2D eigenvalue weighted by Crippen LogP contribution is 2.36. The molecular weight excluding hydrogens is 262 g/mol. The summed E-state index contributed by atoms with van der Waals surface area (Å²) in [6.07, 6.45) is 0. The quantitative estimate of drug-likeness (QED) is 0.621. The Labute approximate surface area is 108 Å². The summed E-state index contributed by atoms with van der Waals surface area (Å²) >= 11 is 5.77. The largest absolute Gasteiger partial charge is 0.302 e. The van der Waals surface area contributed by atoms with E-state index in [1.54, 1.807) is 25.9 Å². The molecule has 0 spiro atoms. The molecule has 0 heterocycles. The van der Waals surface area contributed by atoms with Gasteiger partial charge in [-0.3, -0.25) is 20.2 Å². The highest BCUT2D eigenvalue weighted by Gasteiger charge is 2.27. The van der Waals surface area contributed by atoms with Crippen molar-refractivity contribution in [2.45, 2.75) is 13.0 Å². The minimum atomic E-state index is -0.737. The molecule has 0 fully saturated rings. The summed E-state index contributed by atoms with van der Waals surface area (Å²) < 4.78 is 0. The standard InChI is InChI=1S/C10H12ClN3O4/c1-6(12(2)3)7-4-8(11)10(14(17)18)5-9(7)13(15)16/h4-6H,1-3H3. The van der Waals surface area contributed by atoms with Crippen molar-refractivity contribution in [2.24, 2.45) is 0 Å². The third-order valence-electron chi connectivity index (χ3n) is 2.71. The number of hydrogen-bond donors (Lipinski definition) is 0. The van der Waals surface area contributed by atoms with Crippen molar-refractivity contribution in [2.75, 3.05) is 14.1 Å². The van der Waals surface area contributed by atoms with Crippen LogP contribution in [-0.4, -0.2) is 28.8 Å². The molecular formula is C10H12ClN3O4. The first-order valence-corrected chi connectivity index (χ1v) is 5.42. The van der Waals surface area contributed by atoms with E-state index in [-0.39, 0.29) is 16.8 Å². The van der Waals surface area contributed by atoms with Gasteiger partial charge in [-0.25, -0.2) is 0 Å². The van der Waals surface area contributed by atoms with Gasteiger partial charge in [-0.05, 0) is 27.1 Å². The second-order valence-electron chi connectivity index (χ2n) is 4.02. The first-order valence-electron chi connectivity index (χ1n) is 5.04. The minimum Gasteiger partial charge on any atom is -0.302 e. The predicted molar refractivity (Wildman–Crippen MR) is 66.9 cm³/mol. The zero-order valence-electron chi connectivity index (χ0n) is 10.1. The van der Waals surface area contributed by atoms with Gasteiger partial charge in [0, 0.05) is 11.6 Å². The highest BCUT2D eigenvalue weighted by atomic mass is 35.5. The van der Waals surface area contributed by atoms with Crippen LogP contribution in [0.25, 0.3) is 0 Å². The second-order valence-corrected chi connectivity index (χ2v) is 4.42. The van der Waals surface area contributed by atoms with E-state index in [0.29, 0.717) is 5.56 Å². The SMILES string of the molecule is CC(c1cc(Cl)c([N+](=O)[O-])cc1[N+](=O)[O-])N(C)C. The molecule has 1 aromatic rings. The molecule has 0 saturated heterocycles. The van der Waals surface area contributed by atoms with Crippen LogP contribution in [-0.2, 0) is 0 Å². The van der Waals surface area contributed by atoms with Crippen molar-refractivity contribution in [3.63, 3.8) is 0 Å². The maximum atomic E-state index is 11.0. The molecule has 8 heteroatoms. The van der Waals surface area contributed by atoms with Crippen molar-refractivity contribution >= 4 is 23.0 Å². The van der Waals surface area contributed by atoms with Crippen molar-refractivity contribution < 1.29 is 9.85 Å². The van der Waals surface area contributed by atoms with Gasteiger partial charge < -0.3 is 4.90 Å². The number of nitro groups is 2. The first kappa shape index (κ1) is 14.3. The molecule has 1 rings (SSSR count). The molecule has 18 heavy (non-hydrogen) atoms. The zero-order valence-corrected chi connectivity index (χ0v) is 10.8. The van der Waals surface area contributed by atoms with Gasteiger partial charge in [-0.2, -0.15) is 0 Å². The fourth-order valence-corrected chi connectivity index (χ4v) is 1.72. The summed E-state index contributed by atoms with van der Waals surface area (Å²) in [7, 11) is 3.51. The monoisotopic (exact) mass is 273 g/mol. The molecule has 0 bridgehead atoms. The molecule has 1 atom stereocenters. The van der Waals surface area contributed by atoms with E-state index in [4.69, 9.17) is 11.6 Å². The van der Waals surface area contributed by atoms with Crippen molar-refractivity contribution in [1.29, 1.82) is 0 Å². The summed E-state index contributed by atoms with van der Waals surface area (Å²) in [6.45, 7) is 1.75. The fraction of sp³-hybridized carbons (Fsp3) is 0.400. The zero-order chi connectivity index (χ0) is 14.0. The Hall–Kier alpha value is -1.73. The normalized spacial score (nSPS) is 12.5. The Morgan fingerprint density at radius 2 is 1.67 bits per heavy atom. The van der Waals surface area contributed by atoms with Crippen LogP contribution in [0.2, 0.25) is 5.02 Å². The van der Waals surface area contributed by atoms with Gasteiger partial charge in [0.05, 0.1) is 15.9 Å². The van der Waals surface area contributed by atoms with Crippen LogP contribution in [0.1, 0.15) is 18.5 Å². The smallest absolute Gasteiger partial charge is 0.294 e. The summed E-state index contributed by atoms with van der Waals surface area (Å²) in [4.78, 5) is 22.0. The predicted octanol–water partition coefficient (Wildman–Crippen LogP) is 2.78. The van der Waals surface area contributed by atoms with Gasteiger partial charge in [-0.1, -0.05) is 11.6 Å². The number of nitrogens with zero attached hydrogens (tertiary/aromatic N) is 3. The van der Waals surface area contributed by atoms with Gasteiger partial charge in [0.15, 0.2) is 0 Å². The molecule has 98 valence electrons. The Morgan fingerprint density at radius 1 is 1.17 bits per heavy atom. The molecule has 0 N–H and O–H groups in total. The summed E-state index contributed by atoms with van der Waals surface area (Å²) in [5.74, 6) is 0. The molecule has 1 aromatic carbocycles. The number of rotatable bonds is 4. The lowest BCUT2D eigenvalue weighted by atomic mass is 10.0. The van der Waals surface area contributed by atoms with Crippen LogP contribution in [0.3, 0.4) is 0 Å². The van der Waals surface area contributed by atoms with Crippen LogP contribution < -0.4 is 0 Å². The van der Waals surface area contributed by atoms with E-state index in [1.165, 1.54) is 6.07 Å². The van der Waals surface area contributed by atoms with Gasteiger partial charge in [0.2, 0.25) is 0 Å². The molecule has 0 aliphatic rings. The van der Waals surface area contributed by atoms with Crippen molar-refractivity contribution in [3.8, 4) is 0 Å². The third-order valence-corrected chi connectivity index (χ3v) is 3.02. The average molecular weight is 274 g/mol. The second kappa shape index (κ2) is 5.28. The summed E-state index contributed by atoms with van der Waals surface area (Å²) in [5, 5.41) is 21.6. The Kier molecular flexibility index (Phi) is 4.20. The van der Waals surface area contributed by atoms with E-state index >= 15 is 0 Å². The Bertz CT molecular complexity index is 504. The van der Waals surface area contributed by atoms with Crippen molar-refractivity contribution in [1.82, 2.24) is 4.90 Å². The van der Waals surface area contributed by atoms with E-state index in [0.717, 1.165) is 6.07 Å². The summed E-state index contributed by atoms with van der Waals surface area (Å²) in [5.41, 5.74) is -0.411. The van der Waals surface area contributed by atoms with Crippen molar-refractivity contribution in [3.05, 3.63) is 42.9 Å². The van der Waals surface area contributed by atoms with Gasteiger partial charge in [0.25, 0.3) is 11.4 Å². The third kappa shape index (κ3) is 2.74. The number of nitro benzene ring substituents is 2. The van der Waals surface area contributed by atoms with Gasteiger partial charge in [-0.15, -0.1) is 0 Å². The molecule has 0 radical (unpaired) electrons.